The van der Waals surface area contributed by atoms with E-state index in [1.54, 1.807) is 13.2 Å². The van der Waals surface area contributed by atoms with Crippen LogP contribution >= 0.6 is 31.9 Å². The molecule has 0 amide bonds. The van der Waals surface area contributed by atoms with Crippen LogP contribution in [0.5, 0.6) is 5.75 Å². The van der Waals surface area contributed by atoms with Gasteiger partial charge in [0.25, 0.3) is 0 Å². The average Bonchev–Trinajstić information content (AvgIpc) is 2.74. The van der Waals surface area contributed by atoms with E-state index in [2.05, 4.69) is 31.9 Å². The molecule has 1 N–H and O–H groups in total. The SMILES string of the molecule is COc1cc(Br)c2oc(C(=O)O)c(C(C)(C)C)c2c1Br. The molecule has 0 bridgehead atoms. The van der Waals surface area contributed by atoms with E-state index in [4.69, 9.17) is 9.15 Å². The zero-order valence-electron chi connectivity index (χ0n) is 11.5. The Morgan fingerprint density at radius 1 is 1.35 bits per heavy atom. The zero-order chi connectivity index (χ0) is 15.2. The van der Waals surface area contributed by atoms with Crippen molar-refractivity contribution in [2.75, 3.05) is 7.11 Å². The summed E-state index contributed by atoms with van der Waals surface area (Å²) in [6.07, 6.45) is 0. The summed E-state index contributed by atoms with van der Waals surface area (Å²) < 4.78 is 12.2. The molecular formula is C14H14Br2O4. The average molecular weight is 406 g/mol. The monoisotopic (exact) mass is 404 g/mol. The van der Waals surface area contributed by atoms with Crippen molar-refractivity contribution in [1.82, 2.24) is 0 Å². The van der Waals surface area contributed by atoms with E-state index in [1.807, 2.05) is 20.8 Å². The first-order valence-corrected chi connectivity index (χ1v) is 7.49. The fraction of sp³-hybridized carbons (Fsp3) is 0.357. The van der Waals surface area contributed by atoms with Gasteiger partial charge in [-0.05, 0) is 43.3 Å². The van der Waals surface area contributed by atoms with E-state index in [-0.39, 0.29) is 11.2 Å². The van der Waals surface area contributed by atoms with Crippen molar-refractivity contribution in [2.45, 2.75) is 26.2 Å². The van der Waals surface area contributed by atoms with Gasteiger partial charge in [-0.2, -0.15) is 0 Å². The lowest BCUT2D eigenvalue weighted by Gasteiger charge is -2.19. The summed E-state index contributed by atoms with van der Waals surface area (Å²) in [4.78, 5) is 11.5. The lowest BCUT2D eigenvalue weighted by Crippen LogP contribution is -2.15. The van der Waals surface area contributed by atoms with Gasteiger partial charge in [-0.15, -0.1) is 0 Å². The van der Waals surface area contributed by atoms with Crippen molar-refractivity contribution in [3.8, 4) is 5.75 Å². The van der Waals surface area contributed by atoms with E-state index < -0.39 is 5.97 Å². The number of benzene rings is 1. The van der Waals surface area contributed by atoms with Gasteiger partial charge < -0.3 is 14.3 Å². The van der Waals surface area contributed by atoms with Gasteiger partial charge in [0.2, 0.25) is 5.76 Å². The molecule has 0 unspecified atom stereocenters. The summed E-state index contributed by atoms with van der Waals surface area (Å²) in [5.74, 6) is -0.501. The summed E-state index contributed by atoms with van der Waals surface area (Å²) in [5.41, 5.74) is 0.763. The Labute approximate surface area is 133 Å². The maximum absolute atomic E-state index is 11.5. The van der Waals surface area contributed by atoms with Crippen LogP contribution in [-0.2, 0) is 5.41 Å². The Bertz CT molecular complexity index is 695. The molecule has 1 heterocycles. The van der Waals surface area contributed by atoms with Crippen molar-refractivity contribution in [1.29, 1.82) is 0 Å². The molecule has 0 radical (unpaired) electrons. The number of fused-ring (bicyclic) bond motifs is 1. The number of rotatable bonds is 2. The Kier molecular flexibility index (Phi) is 3.90. The lowest BCUT2D eigenvalue weighted by atomic mass is 9.84. The minimum atomic E-state index is -1.08. The molecule has 2 aromatic rings. The highest BCUT2D eigenvalue weighted by atomic mass is 79.9. The number of carboxylic acid groups (broad SMARTS) is 1. The molecule has 0 aliphatic carbocycles. The van der Waals surface area contributed by atoms with Crippen LogP contribution in [-0.4, -0.2) is 18.2 Å². The number of hydrogen-bond acceptors (Lipinski definition) is 3. The summed E-state index contributed by atoms with van der Waals surface area (Å²) >= 11 is 6.88. The highest BCUT2D eigenvalue weighted by molar-refractivity contribution is 9.11. The van der Waals surface area contributed by atoms with Crippen molar-refractivity contribution in [3.05, 3.63) is 26.3 Å². The van der Waals surface area contributed by atoms with Gasteiger partial charge in [-0.1, -0.05) is 20.8 Å². The largest absolute Gasteiger partial charge is 0.496 e. The number of carbonyl (C=O) groups is 1. The molecule has 0 spiro atoms. The van der Waals surface area contributed by atoms with Crippen LogP contribution in [0.15, 0.2) is 19.4 Å². The van der Waals surface area contributed by atoms with Crippen molar-refractivity contribution in [3.63, 3.8) is 0 Å². The maximum Gasteiger partial charge on any atom is 0.372 e. The molecule has 4 nitrogen and oxygen atoms in total. The number of carboxylic acids is 1. The molecule has 0 fully saturated rings. The summed E-state index contributed by atoms with van der Waals surface area (Å²) in [6.45, 7) is 5.84. The summed E-state index contributed by atoms with van der Waals surface area (Å²) in [6, 6.07) is 1.74. The Balaban J connectivity index is 3.02. The number of aromatic carboxylic acids is 1. The van der Waals surface area contributed by atoms with Crippen LogP contribution in [0.2, 0.25) is 0 Å². The first-order chi connectivity index (χ1) is 9.18. The lowest BCUT2D eigenvalue weighted by molar-refractivity contribution is 0.0661. The summed E-state index contributed by atoms with van der Waals surface area (Å²) in [7, 11) is 1.56. The van der Waals surface area contributed by atoms with E-state index in [0.29, 0.717) is 25.8 Å². The molecule has 6 heteroatoms. The highest BCUT2D eigenvalue weighted by Gasteiger charge is 2.32. The van der Waals surface area contributed by atoms with E-state index in [1.165, 1.54) is 0 Å². The molecular weight excluding hydrogens is 392 g/mol. The van der Waals surface area contributed by atoms with Crippen LogP contribution in [0, 0.1) is 0 Å². The molecule has 0 saturated heterocycles. The van der Waals surface area contributed by atoms with Crippen LogP contribution < -0.4 is 4.74 Å². The van der Waals surface area contributed by atoms with Crippen molar-refractivity contribution < 1.29 is 19.1 Å². The van der Waals surface area contributed by atoms with Crippen LogP contribution in [0.1, 0.15) is 36.9 Å². The molecule has 2 rings (SSSR count). The van der Waals surface area contributed by atoms with Gasteiger partial charge in [-0.25, -0.2) is 4.79 Å². The molecule has 1 aromatic carbocycles. The van der Waals surface area contributed by atoms with Gasteiger partial charge in [0.05, 0.1) is 16.1 Å². The van der Waals surface area contributed by atoms with E-state index in [0.717, 1.165) is 5.39 Å². The minimum absolute atomic E-state index is 0.0397. The second-order valence-corrected chi connectivity index (χ2v) is 7.09. The standard InChI is InChI=1S/C14H14Br2O4/c1-14(2,3)9-8-10(16)7(19-4)5-6(15)11(8)20-12(9)13(17)18/h5H,1-4H3,(H,17,18). The minimum Gasteiger partial charge on any atom is -0.496 e. The Morgan fingerprint density at radius 3 is 2.40 bits per heavy atom. The second-order valence-electron chi connectivity index (χ2n) is 5.44. The quantitative estimate of drug-likeness (QED) is 0.766. The van der Waals surface area contributed by atoms with Gasteiger partial charge in [0, 0.05) is 10.9 Å². The van der Waals surface area contributed by atoms with Gasteiger partial charge in [0.1, 0.15) is 5.75 Å². The smallest absolute Gasteiger partial charge is 0.372 e. The van der Waals surface area contributed by atoms with Crippen LogP contribution in [0.25, 0.3) is 11.0 Å². The third-order valence-corrected chi connectivity index (χ3v) is 4.36. The first kappa shape index (κ1) is 15.4. The van der Waals surface area contributed by atoms with Crippen molar-refractivity contribution >= 4 is 48.8 Å². The normalized spacial score (nSPS) is 11.9. The van der Waals surface area contributed by atoms with Crippen molar-refractivity contribution in [2.24, 2.45) is 0 Å². The predicted octanol–water partition coefficient (Wildman–Crippen LogP) is 4.96. The third-order valence-electron chi connectivity index (χ3n) is 2.98. The number of hydrogen-bond donors (Lipinski definition) is 1. The highest BCUT2D eigenvalue weighted by Crippen LogP contribution is 2.45. The number of ether oxygens (including phenoxy) is 1. The number of halogens is 2. The zero-order valence-corrected chi connectivity index (χ0v) is 14.7. The predicted molar refractivity (Wildman–Crippen MR) is 83.8 cm³/mol. The molecule has 0 aliphatic heterocycles. The number of furan rings is 1. The summed E-state index contributed by atoms with van der Waals surface area (Å²) in [5, 5.41) is 10.1. The molecule has 1 aromatic heterocycles. The van der Waals surface area contributed by atoms with Crippen LogP contribution in [0.4, 0.5) is 0 Å². The van der Waals surface area contributed by atoms with Crippen LogP contribution in [0.3, 0.4) is 0 Å². The molecule has 0 atom stereocenters. The van der Waals surface area contributed by atoms with Gasteiger partial charge in [0.15, 0.2) is 5.58 Å². The Morgan fingerprint density at radius 2 is 1.95 bits per heavy atom. The second kappa shape index (κ2) is 5.07. The van der Waals surface area contributed by atoms with E-state index >= 15 is 0 Å². The number of methoxy groups -OCH3 is 1. The van der Waals surface area contributed by atoms with E-state index in [9.17, 15) is 9.90 Å². The topological polar surface area (TPSA) is 59.7 Å². The van der Waals surface area contributed by atoms with Gasteiger partial charge >= 0.3 is 5.97 Å². The first-order valence-electron chi connectivity index (χ1n) is 5.90. The fourth-order valence-electron chi connectivity index (χ4n) is 2.19. The molecule has 0 aliphatic rings. The van der Waals surface area contributed by atoms with Gasteiger partial charge in [-0.3, -0.25) is 0 Å². The molecule has 20 heavy (non-hydrogen) atoms. The molecule has 0 saturated carbocycles. The maximum atomic E-state index is 11.5. The molecule has 108 valence electrons. The third kappa shape index (κ3) is 2.35. The Hall–Kier alpha value is -1.01. The fourth-order valence-corrected chi connectivity index (χ4v) is 3.33.